The zero-order valence-electron chi connectivity index (χ0n) is 14.0. The highest BCUT2D eigenvalue weighted by molar-refractivity contribution is 14.0. The van der Waals surface area contributed by atoms with Crippen LogP contribution in [-0.4, -0.2) is 48.1 Å². The van der Waals surface area contributed by atoms with Crippen LogP contribution in [0.4, 0.5) is 0 Å². The number of guanidine groups is 1. The average molecular weight is 449 g/mol. The molecule has 23 heavy (non-hydrogen) atoms. The van der Waals surface area contributed by atoms with Crippen LogP contribution in [0.15, 0.2) is 23.8 Å². The Kier molecular flexibility index (Phi) is 9.73. The van der Waals surface area contributed by atoms with Crippen LogP contribution in [0.3, 0.4) is 0 Å². The number of piperidine rings is 1. The molecular weight excluding hydrogens is 421 g/mol. The fraction of sp³-hybridized carbons (Fsp3) is 0.625. The SMILES string of the molecule is C=CCN1CCC(NC(=NCc2ncc(C)s2)NCC)CC1.I. The Balaban J connectivity index is 0.00000264. The lowest BCUT2D eigenvalue weighted by Crippen LogP contribution is -2.48. The van der Waals surface area contributed by atoms with E-state index in [1.807, 2.05) is 12.3 Å². The quantitative estimate of drug-likeness (QED) is 0.304. The van der Waals surface area contributed by atoms with Gasteiger partial charge in [-0.3, -0.25) is 4.90 Å². The lowest BCUT2D eigenvalue weighted by molar-refractivity contribution is 0.225. The summed E-state index contributed by atoms with van der Waals surface area (Å²) in [5.41, 5.74) is 0. The molecule has 1 aromatic rings. The van der Waals surface area contributed by atoms with E-state index in [1.54, 1.807) is 11.3 Å². The maximum absolute atomic E-state index is 4.66. The summed E-state index contributed by atoms with van der Waals surface area (Å²) in [6, 6.07) is 0.497. The molecule has 0 aliphatic carbocycles. The van der Waals surface area contributed by atoms with Crippen LogP contribution >= 0.6 is 35.3 Å². The number of aliphatic imine (C=N–C) groups is 1. The van der Waals surface area contributed by atoms with Gasteiger partial charge in [0, 0.05) is 43.3 Å². The van der Waals surface area contributed by atoms with E-state index in [1.165, 1.54) is 4.88 Å². The molecule has 1 aliphatic heterocycles. The number of nitrogens with zero attached hydrogens (tertiary/aromatic N) is 3. The summed E-state index contributed by atoms with van der Waals surface area (Å²) < 4.78 is 0. The molecule has 1 aliphatic rings. The van der Waals surface area contributed by atoms with Crippen LogP contribution < -0.4 is 10.6 Å². The fourth-order valence-corrected chi connectivity index (χ4v) is 3.29. The number of thiazole rings is 1. The molecule has 1 aromatic heterocycles. The lowest BCUT2D eigenvalue weighted by Gasteiger charge is -2.32. The van der Waals surface area contributed by atoms with Crippen molar-refractivity contribution in [3.63, 3.8) is 0 Å². The first-order valence-corrected chi connectivity index (χ1v) is 8.82. The van der Waals surface area contributed by atoms with Gasteiger partial charge in [-0.1, -0.05) is 6.08 Å². The minimum atomic E-state index is 0. The molecule has 2 heterocycles. The highest BCUT2D eigenvalue weighted by Gasteiger charge is 2.19. The van der Waals surface area contributed by atoms with Gasteiger partial charge in [-0.05, 0) is 26.7 Å². The summed E-state index contributed by atoms with van der Waals surface area (Å²) in [7, 11) is 0. The largest absolute Gasteiger partial charge is 0.357 e. The molecule has 1 saturated heterocycles. The normalized spacial score (nSPS) is 16.7. The third kappa shape index (κ3) is 7.17. The average Bonchev–Trinajstić information content (AvgIpc) is 2.93. The van der Waals surface area contributed by atoms with Gasteiger partial charge in [0.2, 0.25) is 0 Å². The number of likely N-dealkylation sites (tertiary alicyclic amines) is 1. The third-order valence-corrected chi connectivity index (χ3v) is 4.60. The van der Waals surface area contributed by atoms with Crippen molar-refractivity contribution in [3.8, 4) is 0 Å². The van der Waals surface area contributed by atoms with E-state index in [0.717, 1.165) is 50.0 Å². The maximum Gasteiger partial charge on any atom is 0.191 e. The van der Waals surface area contributed by atoms with Gasteiger partial charge >= 0.3 is 0 Å². The van der Waals surface area contributed by atoms with E-state index in [0.29, 0.717) is 12.6 Å². The van der Waals surface area contributed by atoms with E-state index in [-0.39, 0.29) is 24.0 Å². The van der Waals surface area contributed by atoms with Crippen LogP contribution in [0.1, 0.15) is 29.7 Å². The molecule has 2 N–H and O–H groups in total. The second-order valence-electron chi connectivity index (χ2n) is 5.57. The summed E-state index contributed by atoms with van der Waals surface area (Å²) in [6.45, 7) is 12.7. The number of halogens is 1. The summed E-state index contributed by atoms with van der Waals surface area (Å²) in [4.78, 5) is 12.7. The standard InChI is InChI=1S/C16H27N5S.HI/c1-4-8-21-9-6-14(7-10-21)20-16(17-5-2)19-12-15-18-11-13(3)22-15;/h4,11,14H,1,5-10,12H2,2-3H3,(H2,17,19,20);1H. The first kappa shape index (κ1) is 20.4. The van der Waals surface area contributed by atoms with Crippen LogP contribution in [0.25, 0.3) is 0 Å². The van der Waals surface area contributed by atoms with Crippen LogP contribution in [0.5, 0.6) is 0 Å². The van der Waals surface area contributed by atoms with Gasteiger partial charge in [0.15, 0.2) is 5.96 Å². The minimum Gasteiger partial charge on any atom is -0.357 e. The van der Waals surface area contributed by atoms with Crippen molar-refractivity contribution < 1.29 is 0 Å². The molecular formula is C16H28IN5S. The highest BCUT2D eigenvalue weighted by atomic mass is 127. The van der Waals surface area contributed by atoms with Gasteiger partial charge in [0.05, 0.1) is 6.54 Å². The molecule has 0 spiro atoms. The second-order valence-corrected chi connectivity index (χ2v) is 6.89. The summed E-state index contributed by atoms with van der Waals surface area (Å²) >= 11 is 1.71. The molecule has 5 nitrogen and oxygen atoms in total. The Morgan fingerprint density at radius 1 is 1.52 bits per heavy atom. The first-order valence-electron chi connectivity index (χ1n) is 8.00. The third-order valence-electron chi connectivity index (χ3n) is 3.70. The van der Waals surface area contributed by atoms with Gasteiger partial charge in [-0.15, -0.1) is 41.9 Å². The van der Waals surface area contributed by atoms with E-state index in [2.05, 4.69) is 45.9 Å². The molecule has 7 heteroatoms. The molecule has 0 atom stereocenters. The Bertz CT molecular complexity index is 494. The summed E-state index contributed by atoms with van der Waals surface area (Å²) in [5.74, 6) is 0.900. The first-order chi connectivity index (χ1) is 10.7. The minimum absolute atomic E-state index is 0. The number of hydrogen-bond donors (Lipinski definition) is 2. The Hall–Kier alpha value is -0.670. The van der Waals surface area contributed by atoms with Crippen molar-refractivity contribution in [1.82, 2.24) is 20.5 Å². The highest BCUT2D eigenvalue weighted by Crippen LogP contribution is 2.12. The lowest BCUT2D eigenvalue weighted by atomic mass is 10.1. The number of rotatable bonds is 6. The van der Waals surface area contributed by atoms with Gasteiger partial charge in [-0.25, -0.2) is 9.98 Å². The Morgan fingerprint density at radius 3 is 2.83 bits per heavy atom. The second kappa shape index (κ2) is 11.0. The number of aryl methyl sites for hydroxylation is 1. The van der Waals surface area contributed by atoms with Crippen LogP contribution in [0.2, 0.25) is 0 Å². The Morgan fingerprint density at radius 2 is 2.26 bits per heavy atom. The molecule has 0 bridgehead atoms. The predicted octanol–water partition coefficient (Wildman–Crippen LogP) is 2.78. The van der Waals surface area contributed by atoms with Gasteiger partial charge < -0.3 is 10.6 Å². The van der Waals surface area contributed by atoms with E-state index < -0.39 is 0 Å². The molecule has 0 saturated carbocycles. The van der Waals surface area contributed by atoms with Crippen molar-refractivity contribution in [2.75, 3.05) is 26.2 Å². The zero-order valence-corrected chi connectivity index (χ0v) is 17.2. The molecule has 1 fully saturated rings. The molecule has 0 aromatic carbocycles. The molecule has 0 radical (unpaired) electrons. The number of nitrogens with one attached hydrogen (secondary N) is 2. The molecule has 2 rings (SSSR count). The molecule has 0 amide bonds. The van der Waals surface area contributed by atoms with E-state index in [9.17, 15) is 0 Å². The van der Waals surface area contributed by atoms with E-state index in [4.69, 9.17) is 0 Å². The van der Waals surface area contributed by atoms with Crippen molar-refractivity contribution in [2.45, 2.75) is 39.3 Å². The number of hydrogen-bond acceptors (Lipinski definition) is 4. The topological polar surface area (TPSA) is 52.5 Å². The van der Waals surface area contributed by atoms with Crippen molar-refractivity contribution in [3.05, 3.63) is 28.7 Å². The van der Waals surface area contributed by atoms with Gasteiger partial charge in [0.25, 0.3) is 0 Å². The maximum atomic E-state index is 4.66. The molecule has 0 unspecified atom stereocenters. The van der Waals surface area contributed by atoms with Crippen molar-refractivity contribution in [2.24, 2.45) is 4.99 Å². The smallest absolute Gasteiger partial charge is 0.191 e. The van der Waals surface area contributed by atoms with Crippen LogP contribution in [-0.2, 0) is 6.54 Å². The van der Waals surface area contributed by atoms with Gasteiger partial charge in [0.1, 0.15) is 5.01 Å². The summed E-state index contributed by atoms with van der Waals surface area (Å²) in [5, 5.41) is 7.95. The monoisotopic (exact) mass is 449 g/mol. The van der Waals surface area contributed by atoms with Crippen molar-refractivity contribution in [1.29, 1.82) is 0 Å². The van der Waals surface area contributed by atoms with E-state index >= 15 is 0 Å². The van der Waals surface area contributed by atoms with Crippen molar-refractivity contribution >= 4 is 41.3 Å². The van der Waals surface area contributed by atoms with Crippen LogP contribution in [0, 0.1) is 6.92 Å². The fourth-order valence-electron chi connectivity index (χ4n) is 2.58. The predicted molar refractivity (Wildman–Crippen MR) is 110 cm³/mol. The Labute approximate surface area is 160 Å². The molecule has 130 valence electrons. The zero-order chi connectivity index (χ0) is 15.8. The number of aromatic nitrogens is 1. The van der Waals surface area contributed by atoms with Gasteiger partial charge in [-0.2, -0.15) is 0 Å². The summed E-state index contributed by atoms with van der Waals surface area (Å²) in [6.07, 6.45) is 6.18.